The second kappa shape index (κ2) is 10.9. The van der Waals surface area contributed by atoms with E-state index in [9.17, 15) is 27.6 Å². The molecule has 3 rings (SSSR count). The number of methoxy groups -OCH3 is 1. The Morgan fingerprint density at radius 3 is 2.00 bits per heavy atom. The zero-order valence-electron chi connectivity index (χ0n) is 19.5. The quantitative estimate of drug-likeness (QED) is 0.392. The molecular weight excluding hydrogens is 481 g/mol. The number of nitrogens with zero attached hydrogens (tertiary/aromatic N) is 1. The highest BCUT2D eigenvalue weighted by molar-refractivity contribution is 6.00. The van der Waals surface area contributed by atoms with E-state index in [1.54, 1.807) is 38.1 Å². The lowest BCUT2D eigenvalue weighted by Gasteiger charge is -2.18. The Kier molecular flexibility index (Phi) is 7.97. The second-order valence-corrected chi connectivity index (χ2v) is 8.03. The fourth-order valence-electron chi connectivity index (χ4n) is 3.12. The van der Waals surface area contributed by atoms with Crippen LogP contribution < -0.4 is 16.0 Å². The number of aromatic nitrogens is 1. The molecule has 0 bridgehead atoms. The molecule has 2 aromatic carbocycles. The van der Waals surface area contributed by atoms with Gasteiger partial charge in [-0.05, 0) is 42.3 Å². The number of amides is 3. The average Bonchev–Trinajstić information content (AvgIpc) is 3.32. The van der Waals surface area contributed by atoms with E-state index in [1.807, 2.05) is 0 Å². The van der Waals surface area contributed by atoms with Crippen LogP contribution in [0.4, 0.5) is 29.3 Å². The predicted molar refractivity (Wildman–Crippen MR) is 124 cm³/mol. The third kappa shape index (κ3) is 6.62. The van der Waals surface area contributed by atoms with Gasteiger partial charge in [-0.25, -0.2) is 9.59 Å². The summed E-state index contributed by atoms with van der Waals surface area (Å²) in [6, 6.07) is 10.3. The number of urea groups is 1. The zero-order valence-corrected chi connectivity index (χ0v) is 19.5. The van der Waals surface area contributed by atoms with Crippen LogP contribution in [0.15, 0.2) is 59.1 Å². The first-order chi connectivity index (χ1) is 17.0. The normalized spacial score (nSPS) is 12.1. The van der Waals surface area contributed by atoms with E-state index in [4.69, 9.17) is 9.26 Å². The van der Waals surface area contributed by atoms with Crippen LogP contribution in [0, 0.1) is 5.92 Å². The summed E-state index contributed by atoms with van der Waals surface area (Å²) in [6.07, 6.45) is -4.46. The van der Waals surface area contributed by atoms with Crippen LogP contribution in [-0.4, -0.2) is 36.2 Å². The maximum Gasteiger partial charge on any atom is 0.416 e. The van der Waals surface area contributed by atoms with Gasteiger partial charge in [0.2, 0.25) is 5.76 Å². The third-order valence-electron chi connectivity index (χ3n) is 5.05. The second-order valence-electron chi connectivity index (χ2n) is 8.03. The lowest BCUT2D eigenvalue weighted by Crippen LogP contribution is -2.44. The minimum absolute atomic E-state index is 0.0994. The highest BCUT2D eigenvalue weighted by Crippen LogP contribution is 2.30. The van der Waals surface area contributed by atoms with Crippen molar-refractivity contribution < 1.29 is 36.8 Å². The van der Waals surface area contributed by atoms with Crippen LogP contribution in [0.2, 0.25) is 0 Å². The van der Waals surface area contributed by atoms with Crippen LogP contribution in [0.1, 0.15) is 30.0 Å². The van der Waals surface area contributed by atoms with Crippen molar-refractivity contribution in [3.8, 4) is 11.3 Å². The molecular formula is C24H23F3N4O5. The molecule has 1 unspecified atom stereocenters. The van der Waals surface area contributed by atoms with Gasteiger partial charge in [-0.2, -0.15) is 13.2 Å². The van der Waals surface area contributed by atoms with Crippen molar-refractivity contribution in [2.75, 3.05) is 17.7 Å². The summed E-state index contributed by atoms with van der Waals surface area (Å²) >= 11 is 0. The van der Waals surface area contributed by atoms with Gasteiger partial charge in [0.15, 0.2) is 0 Å². The van der Waals surface area contributed by atoms with Gasteiger partial charge in [0.05, 0.1) is 12.7 Å². The van der Waals surface area contributed by atoms with E-state index in [2.05, 4.69) is 21.1 Å². The van der Waals surface area contributed by atoms with Gasteiger partial charge in [-0.15, -0.1) is 0 Å². The number of ether oxygens (including phenoxy) is 1. The lowest BCUT2D eigenvalue weighted by molar-refractivity contribution is -0.144. The molecule has 0 aliphatic heterocycles. The minimum atomic E-state index is -4.46. The van der Waals surface area contributed by atoms with E-state index >= 15 is 0 Å². The number of alkyl halides is 3. The first-order valence-electron chi connectivity index (χ1n) is 10.7. The van der Waals surface area contributed by atoms with Gasteiger partial charge in [0, 0.05) is 23.0 Å². The fraction of sp³-hybridized carbons (Fsp3) is 0.250. The van der Waals surface area contributed by atoms with E-state index in [0.717, 1.165) is 24.3 Å². The summed E-state index contributed by atoms with van der Waals surface area (Å²) < 4.78 is 47.7. The van der Waals surface area contributed by atoms with Crippen molar-refractivity contribution in [2.45, 2.75) is 26.1 Å². The van der Waals surface area contributed by atoms with Gasteiger partial charge in [0.1, 0.15) is 11.7 Å². The topological polar surface area (TPSA) is 123 Å². The Morgan fingerprint density at radius 2 is 1.50 bits per heavy atom. The maximum atomic E-state index is 12.6. The number of nitrogens with one attached hydrogen (secondary N) is 3. The molecule has 12 heteroatoms. The molecule has 0 fully saturated rings. The Balaban J connectivity index is 1.60. The summed E-state index contributed by atoms with van der Waals surface area (Å²) in [4.78, 5) is 36.5. The maximum absolute atomic E-state index is 12.6. The molecule has 1 aromatic heterocycles. The first-order valence-corrected chi connectivity index (χ1v) is 10.7. The Labute approximate surface area is 204 Å². The highest BCUT2D eigenvalue weighted by Gasteiger charge is 2.30. The van der Waals surface area contributed by atoms with E-state index in [1.165, 1.54) is 13.2 Å². The molecule has 190 valence electrons. The summed E-state index contributed by atoms with van der Waals surface area (Å²) in [5.41, 5.74) is 0.709. The smallest absolute Gasteiger partial charge is 0.416 e. The Hall–Kier alpha value is -4.35. The molecule has 1 heterocycles. The summed E-state index contributed by atoms with van der Waals surface area (Å²) in [6.45, 7) is 3.51. The van der Waals surface area contributed by atoms with Gasteiger partial charge in [-0.1, -0.05) is 31.1 Å². The van der Waals surface area contributed by atoms with Crippen molar-refractivity contribution in [3.63, 3.8) is 0 Å². The number of hydrogen-bond donors (Lipinski definition) is 3. The number of carbonyl (C=O) groups excluding carboxylic acids is 3. The molecule has 0 saturated carbocycles. The Morgan fingerprint density at radius 1 is 0.944 bits per heavy atom. The minimum Gasteiger partial charge on any atom is -0.467 e. The summed E-state index contributed by atoms with van der Waals surface area (Å²) in [5.74, 6) is -1.52. The van der Waals surface area contributed by atoms with Crippen LogP contribution in [0.3, 0.4) is 0 Å². The van der Waals surface area contributed by atoms with Gasteiger partial charge >= 0.3 is 18.2 Å². The van der Waals surface area contributed by atoms with E-state index in [-0.39, 0.29) is 17.4 Å². The molecule has 0 radical (unpaired) electrons. The lowest BCUT2D eigenvalue weighted by atomic mass is 10.0. The van der Waals surface area contributed by atoms with Gasteiger partial charge < -0.3 is 25.2 Å². The van der Waals surface area contributed by atoms with Crippen LogP contribution >= 0.6 is 0 Å². The molecule has 1 atom stereocenters. The van der Waals surface area contributed by atoms with Crippen molar-refractivity contribution in [1.82, 2.24) is 10.5 Å². The largest absolute Gasteiger partial charge is 0.467 e. The molecule has 0 saturated heterocycles. The number of hydrogen-bond acceptors (Lipinski definition) is 6. The van der Waals surface area contributed by atoms with Crippen molar-refractivity contribution in [1.29, 1.82) is 0 Å². The van der Waals surface area contributed by atoms with E-state index in [0.29, 0.717) is 16.9 Å². The van der Waals surface area contributed by atoms with Gasteiger partial charge in [-0.3, -0.25) is 4.79 Å². The fourth-order valence-corrected chi connectivity index (χ4v) is 3.12. The van der Waals surface area contributed by atoms with Crippen molar-refractivity contribution in [2.24, 2.45) is 5.92 Å². The molecule has 3 aromatic rings. The third-order valence-corrected chi connectivity index (χ3v) is 5.05. The van der Waals surface area contributed by atoms with Crippen molar-refractivity contribution in [3.05, 3.63) is 65.9 Å². The van der Waals surface area contributed by atoms with Crippen LogP contribution in [0.25, 0.3) is 11.3 Å². The Bertz CT molecular complexity index is 1220. The van der Waals surface area contributed by atoms with E-state index < -0.39 is 35.7 Å². The summed E-state index contributed by atoms with van der Waals surface area (Å²) in [5, 5.41) is 11.4. The monoisotopic (exact) mass is 504 g/mol. The van der Waals surface area contributed by atoms with Crippen LogP contribution in [0.5, 0.6) is 0 Å². The molecule has 3 N–H and O–H groups in total. The average molecular weight is 504 g/mol. The molecule has 36 heavy (non-hydrogen) atoms. The predicted octanol–water partition coefficient (Wildman–Crippen LogP) is 4.93. The molecule has 0 aliphatic rings. The molecule has 3 amide bonds. The SMILES string of the molecule is COC(=O)C(NC(=O)c1cc(-c2ccc(NC(=O)Nc3ccc(C(F)(F)F)cc3)cc2)no1)C(C)C. The number of esters is 1. The first kappa shape index (κ1) is 26.3. The van der Waals surface area contributed by atoms with Crippen molar-refractivity contribution >= 4 is 29.3 Å². The number of anilines is 2. The number of rotatable bonds is 7. The van der Waals surface area contributed by atoms with Crippen LogP contribution in [-0.2, 0) is 15.7 Å². The number of carbonyl (C=O) groups is 3. The highest BCUT2D eigenvalue weighted by atomic mass is 19.4. The molecule has 0 aliphatic carbocycles. The standard InChI is InChI=1S/C24H23F3N4O5/c1-13(2)20(22(33)35-3)30-21(32)19-12-18(31-36-19)14-4-8-16(9-5-14)28-23(34)29-17-10-6-15(7-11-17)24(25,26)27/h4-13,20H,1-3H3,(H,30,32)(H2,28,29,34). The molecule has 0 spiro atoms. The molecule has 9 nitrogen and oxygen atoms in total. The number of halogens is 3. The summed E-state index contributed by atoms with van der Waals surface area (Å²) in [7, 11) is 1.23. The van der Waals surface area contributed by atoms with Gasteiger partial charge in [0.25, 0.3) is 5.91 Å². The zero-order chi connectivity index (χ0) is 26.5. The number of benzene rings is 2.